The molecule has 140 valence electrons. The predicted octanol–water partition coefficient (Wildman–Crippen LogP) is 1.49. The van der Waals surface area contributed by atoms with E-state index in [-0.39, 0.29) is 5.69 Å². The molecule has 1 heterocycles. The minimum atomic E-state index is -4.34. The largest absolute Gasteiger partial charge is 0.360 e. The van der Waals surface area contributed by atoms with Crippen LogP contribution >= 0.6 is 0 Å². The maximum Gasteiger partial charge on any atom is 0.267 e. The second-order valence-corrected chi connectivity index (χ2v) is 7.91. The van der Waals surface area contributed by atoms with Gasteiger partial charge in [-0.15, -0.1) is 0 Å². The third-order valence-corrected chi connectivity index (χ3v) is 6.07. The van der Waals surface area contributed by atoms with Crippen molar-refractivity contribution >= 4 is 21.4 Å². The lowest BCUT2D eigenvalue weighted by molar-refractivity contribution is -0.898. The number of nitrogens with one attached hydrogen (secondary N) is 2. The molecule has 1 fully saturated rings. The second kappa shape index (κ2) is 7.59. The lowest BCUT2D eigenvalue weighted by atomic mass is 10.2. The van der Waals surface area contributed by atoms with Crippen molar-refractivity contribution in [3.05, 3.63) is 54.1 Å². The molecule has 2 N–H and O–H groups in total. The number of piperazine rings is 1. The van der Waals surface area contributed by atoms with Gasteiger partial charge in [-0.2, -0.15) is 0 Å². The number of rotatable bonds is 5. The molecular weight excluding hydrogens is 360 g/mol. The van der Waals surface area contributed by atoms with Crippen LogP contribution in [0.5, 0.6) is 0 Å². The molecule has 0 aliphatic carbocycles. The number of quaternary nitrogens is 1. The molecule has 0 bridgehead atoms. The highest BCUT2D eigenvalue weighted by Crippen LogP contribution is 2.23. The van der Waals surface area contributed by atoms with Gasteiger partial charge in [0, 0.05) is 11.4 Å². The van der Waals surface area contributed by atoms with Gasteiger partial charge in [0.2, 0.25) is 0 Å². The fourth-order valence-electron chi connectivity index (χ4n) is 3.12. The van der Waals surface area contributed by atoms with Crippen molar-refractivity contribution < 1.29 is 22.1 Å². The summed E-state index contributed by atoms with van der Waals surface area (Å²) in [5.41, 5.74) is 1.26. The van der Waals surface area contributed by atoms with Crippen LogP contribution < -0.4 is 14.5 Å². The Balaban J connectivity index is 1.73. The van der Waals surface area contributed by atoms with Crippen LogP contribution in [0.2, 0.25) is 0 Å². The molecule has 0 atom stereocenters. The van der Waals surface area contributed by atoms with Crippen molar-refractivity contribution in [2.75, 3.05) is 42.3 Å². The summed E-state index contributed by atoms with van der Waals surface area (Å²) in [6.07, 6.45) is 0. The number of likely N-dealkylation sites (N-methyl/N-ethyl adjacent to an activating group) is 1. The highest BCUT2D eigenvalue weighted by Gasteiger charge is 2.24. The summed E-state index contributed by atoms with van der Waals surface area (Å²) in [6, 6.07) is 9.78. The summed E-state index contributed by atoms with van der Waals surface area (Å²) in [6.45, 7) is 7.30. The maximum atomic E-state index is 13.7. The Morgan fingerprint density at radius 3 is 2.15 bits per heavy atom. The Bertz CT molecular complexity index is 844. The first kappa shape index (κ1) is 18.6. The van der Waals surface area contributed by atoms with Crippen LogP contribution in [0.25, 0.3) is 0 Å². The topological polar surface area (TPSA) is 53.9 Å². The molecule has 0 amide bonds. The minimum absolute atomic E-state index is 0.259. The third kappa shape index (κ3) is 3.96. The van der Waals surface area contributed by atoms with Gasteiger partial charge in [0.25, 0.3) is 10.0 Å². The zero-order valence-corrected chi connectivity index (χ0v) is 15.3. The van der Waals surface area contributed by atoms with E-state index in [1.165, 1.54) is 0 Å². The molecule has 1 saturated heterocycles. The highest BCUT2D eigenvalue weighted by atomic mass is 32.2. The Morgan fingerprint density at radius 2 is 1.62 bits per heavy atom. The molecule has 1 aliphatic heterocycles. The summed E-state index contributed by atoms with van der Waals surface area (Å²) in [4.78, 5) is 2.84. The number of hydrogen-bond donors (Lipinski definition) is 2. The molecular formula is C18H22F2N3O2S+. The smallest absolute Gasteiger partial charge is 0.267 e. The van der Waals surface area contributed by atoms with Gasteiger partial charge in [-0.25, -0.2) is 17.2 Å². The molecule has 0 unspecified atom stereocenters. The van der Waals surface area contributed by atoms with Crippen molar-refractivity contribution in [3.8, 4) is 0 Å². The predicted molar refractivity (Wildman–Crippen MR) is 97.1 cm³/mol. The van der Waals surface area contributed by atoms with Crippen molar-refractivity contribution in [2.45, 2.75) is 11.8 Å². The van der Waals surface area contributed by atoms with Crippen LogP contribution in [0.1, 0.15) is 6.92 Å². The number of hydrogen-bond acceptors (Lipinski definition) is 3. The van der Waals surface area contributed by atoms with Crippen LogP contribution in [-0.4, -0.2) is 41.1 Å². The molecule has 0 saturated carbocycles. The van der Waals surface area contributed by atoms with Gasteiger partial charge < -0.3 is 9.80 Å². The van der Waals surface area contributed by atoms with Gasteiger partial charge in [-0.3, -0.25) is 4.72 Å². The van der Waals surface area contributed by atoms with E-state index in [1.54, 1.807) is 17.0 Å². The lowest BCUT2D eigenvalue weighted by Gasteiger charge is -2.33. The van der Waals surface area contributed by atoms with E-state index in [0.717, 1.165) is 56.6 Å². The summed E-state index contributed by atoms with van der Waals surface area (Å²) in [7, 11) is -4.34. The minimum Gasteiger partial charge on any atom is -0.360 e. The number of anilines is 2. The van der Waals surface area contributed by atoms with Gasteiger partial charge >= 0.3 is 0 Å². The maximum absolute atomic E-state index is 13.7. The molecule has 5 nitrogen and oxygen atoms in total. The number of sulfonamides is 1. The van der Waals surface area contributed by atoms with Gasteiger partial charge in [0.05, 0.1) is 32.7 Å². The first-order valence-corrected chi connectivity index (χ1v) is 10.0. The fourth-order valence-corrected chi connectivity index (χ4v) is 4.32. The molecule has 2 aromatic rings. The normalized spacial score (nSPS) is 15.9. The van der Waals surface area contributed by atoms with Gasteiger partial charge in [-0.05, 0) is 43.3 Å². The average molecular weight is 382 g/mol. The van der Waals surface area contributed by atoms with E-state index in [2.05, 4.69) is 16.5 Å². The van der Waals surface area contributed by atoms with E-state index in [4.69, 9.17) is 0 Å². The number of nitrogens with zero attached hydrogens (tertiary/aromatic N) is 1. The lowest BCUT2D eigenvalue weighted by Crippen LogP contribution is -3.14. The van der Waals surface area contributed by atoms with Crippen LogP contribution in [0.15, 0.2) is 47.4 Å². The summed E-state index contributed by atoms with van der Waals surface area (Å²) < 4.78 is 54.3. The standard InChI is InChI=1S/C18H21F2N3O2S/c1-2-22-10-12-23(13-11-22)15-8-6-14(7-9-15)21-26(24,25)18-16(19)4-3-5-17(18)20/h3-9,21H,2,10-13H2,1H3/p+1. The van der Waals surface area contributed by atoms with Crippen molar-refractivity contribution in [1.29, 1.82) is 0 Å². The zero-order chi connectivity index (χ0) is 18.7. The van der Waals surface area contributed by atoms with Crippen molar-refractivity contribution in [1.82, 2.24) is 0 Å². The fraction of sp³-hybridized carbons (Fsp3) is 0.333. The molecule has 3 rings (SSSR count). The van der Waals surface area contributed by atoms with Gasteiger partial charge in [0.15, 0.2) is 4.90 Å². The molecule has 0 radical (unpaired) electrons. The molecule has 26 heavy (non-hydrogen) atoms. The van der Waals surface area contributed by atoms with E-state index < -0.39 is 26.6 Å². The molecule has 2 aromatic carbocycles. The summed E-state index contributed by atoms with van der Waals surface area (Å²) in [5.74, 6) is -2.24. The summed E-state index contributed by atoms with van der Waals surface area (Å²) in [5, 5.41) is 0. The van der Waals surface area contributed by atoms with Crippen molar-refractivity contribution in [3.63, 3.8) is 0 Å². The van der Waals surface area contributed by atoms with Gasteiger partial charge in [-0.1, -0.05) is 6.07 Å². The highest BCUT2D eigenvalue weighted by molar-refractivity contribution is 7.92. The molecule has 8 heteroatoms. The Kier molecular flexibility index (Phi) is 5.43. The Hall–Kier alpha value is -2.19. The Labute approximate surface area is 152 Å². The second-order valence-electron chi connectivity index (χ2n) is 6.29. The van der Waals surface area contributed by atoms with Crippen LogP contribution in [0.3, 0.4) is 0 Å². The first-order chi connectivity index (χ1) is 12.4. The van der Waals surface area contributed by atoms with E-state index >= 15 is 0 Å². The van der Waals surface area contributed by atoms with Crippen molar-refractivity contribution in [2.24, 2.45) is 0 Å². The average Bonchev–Trinajstić information content (AvgIpc) is 2.62. The van der Waals surface area contributed by atoms with Crippen LogP contribution in [-0.2, 0) is 10.0 Å². The SMILES string of the molecule is CC[NH+]1CCN(c2ccc(NS(=O)(=O)c3c(F)cccc3F)cc2)CC1. The molecule has 1 aliphatic rings. The third-order valence-electron chi connectivity index (χ3n) is 4.64. The zero-order valence-electron chi connectivity index (χ0n) is 14.5. The Morgan fingerprint density at radius 1 is 1.04 bits per heavy atom. The monoisotopic (exact) mass is 382 g/mol. The van der Waals surface area contributed by atoms with Gasteiger partial charge in [0.1, 0.15) is 11.6 Å². The first-order valence-electron chi connectivity index (χ1n) is 8.56. The van der Waals surface area contributed by atoms with E-state index in [1.807, 2.05) is 12.1 Å². The van der Waals surface area contributed by atoms with Crippen LogP contribution in [0, 0.1) is 11.6 Å². The molecule has 0 aromatic heterocycles. The number of benzene rings is 2. The number of halogens is 2. The quantitative estimate of drug-likeness (QED) is 0.824. The summed E-state index contributed by atoms with van der Waals surface area (Å²) >= 11 is 0. The van der Waals surface area contributed by atoms with E-state index in [0.29, 0.717) is 0 Å². The van der Waals surface area contributed by atoms with Crippen LogP contribution in [0.4, 0.5) is 20.2 Å². The van der Waals surface area contributed by atoms with E-state index in [9.17, 15) is 17.2 Å². The molecule has 0 spiro atoms.